The van der Waals surface area contributed by atoms with Crippen LogP contribution in [0.15, 0.2) is 21.1 Å². The Balaban J connectivity index is 2.66. The van der Waals surface area contributed by atoms with Crippen molar-refractivity contribution in [2.75, 3.05) is 5.73 Å². The molecule has 3 nitrogen and oxygen atoms in total. The molecule has 0 bridgehead atoms. The average Bonchev–Trinajstić information content (AvgIpc) is 2.67. The van der Waals surface area contributed by atoms with Crippen LogP contribution in [0.25, 0.3) is 11.3 Å². The maximum absolute atomic E-state index is 13.6. The smallest absolute Gasteiger partial charge is 0.222 e. The highest BCUT2D eigenvalue weighted by Gasteiger charge is 2.19. The van der Waals surface area contributed by atoms with Gasteiger partial charge >= 0.3 is 0 Å². The van der Waals surface area contributed by atoms with Crippen molar-refractivity contribution >= 4 is 21.8 Å². The molecule has 84 valence electrons. The Morgan fingerprint density at radius 3 is 2.44 bits per heavy atom. The van der Waals surface area contributed by atoms with Crippen molar-refractivity contribution < 1.29 is 17.7 Å². The normalized spacial score (nSPS) is 10.8. The minimum atomic E-state index is -1.29. The molecule has 0 unspecified atom stereocenters. The standard InChI is InChI=1S/C9H4BrF3N2O/c10-7-8(12)3(1-4(11)9(7)13)5-2-6(14)16-15-5/h1-2H,14H2. The summed E-state index contributed by atoms with van der Waals surface area (Å²) in [7, 11) is 0. The molecule has 0 atom stereocenters. The quantitative estimate of drug-likeness (QED) is 0.649. The molecule has 2 N–H and O–H groups in total. The van der Waals surface area contributed by atoms with Crippen LogP contribution in [0, 0.1) is 17.5 Å². The SMILES string of the molecule is Nc1cc(-c2cc(F)c(F)c(Br)c2F)no1. The lowest BCUT2D eigenvalue weighted by Gasteiger charge is -2.03. The largest absolute Gasteiger partial charge is 0.368 e. The first-order chi connectivity index (χ1) is 7.50. The number of hydrogen-bond donors (Lipinski definition) is 1. The van der Waals surface area contributed by atoms with Gasteiger partial charge in [-0.05, 0) is 22.0 Å². The first-order valence-electron chi connectivity index (χ1n) is 4.06. The zero-order chi connectivity index (χ0) is 11.9. The lowest BCUT2D eigenvalue weighted by molar-refractivity contribution is 0.438. The summed E-state index contributed by atoms with van der Waals surface area (Å²) in [5, 5.41) is 3.41. The van der Waals surface area contributed by atoms with E-state index in [1.807, 2.05) is 0 Å². The van der Waals surface area contributed by atoms with Crippen LogP contribution >= 0.6 is 15.9 Å². The molecule has 0 radical (unpaired) electrons. The summed E-state index contributed by atoms with van der Waals surface area (Å²) in [5.41, 5.74) is 5.01. The first-order valence-corrected chi connectivity index (χ1v) is 4.85. The number of nitrogens with zero attached hydrogens (tertiary/aromatic N) is 1. The summed E-state index contributed by atoms with van der Waals surface area (Å²) in [4.78, 5) is 0. The predicted molar refractivity (Wildman–Crippen MR) is 53.9 cm³/mol. The van der Waals surface area contributed by atoms with Gasteiger partial charge in [-0.15, -0.1) is 0 Å². The van der Waals surface area contributed by atoms with Crippen LogP contribution in [0.1, 0.15) is 0 Å². The van der Waals surface area contributed by atoms with Crippen molar-refractivity contribution in [2.45, 2.75) is 0 Å². The van der Waals surface area contributed by atoms with Gasteiger partial charge in [0.25, 0.3) is 0 Å². The van der Waals surface area contributed by atoms with Crippen LogP contribution in [-0.4, -0.2) is 5.16 Å². The van der Waals surface area contributed by atoms with Crippen molar-refractivity contribution in [1.82, 2.24) is 5.16 Å². The highest BCUT2D eigenvalue weighted by Crippen LogP contribution is 2.31. The molecular formula is C9H4BrF3N2O. The summed E-state index contributed by atoms with van der Waals surface area (Å²) >= 11 is 2.61. The van der Waals surface area contributed by atoms with E-state index in [9.17, 15) is 13.2 Å². The van der Waals surface area contributed by atoms with Gasteiger partial charge in [-0.3, -0.25) is 0 Å². The monoisotopic (exact) mass is 292 g/mol. The number of halogens is 4. The first kappa shape index (κ1) is 11.0. The second-order valence-electron chi connectivity index (χ2n) is 2.96. The van der Waals surface area contributed by atoms with Crippen molar-refractivity contribution in [3.05, 3.63) is 34.1 Å². The van der Waals surface area contributed by atoms with Gasteiger partial charge in [0.05, 0.1) is 4.47 Å². The number of nitrogen functional groups attached to an aromatic ring is 1. The predicted octanol–water partition coefficient (Wildman–Crippen LogP) is 3.10. The molecule has 1 aromatic carbocycles. The molecule has 2 rings (SSSR count). The van der Waals surface area contributed by atoms with Crippen LogP contribution < -0.4 is 5.73 Å². The fourth-order valence-electron chi connectivity index (χ4n) is 1.18. The lowest BCUT2D eigenvalue weighted by atomic mass is 10.1. The second kappa shape index (κ2) is 3.82. The summed E-state index contributed by atoms with van der Waals surface area (Å²) < 4.78 is 43.5. The van der Waals surface area contributed by atoms with Crippen molar-refractivity contribution in [1.29, 1.82) is 0 Å². The number of rotatable bonds is 1. The lowest BCUT2D eigenvalue weighted by Crippen LogP contribution is -1.94. The Hall–Kier alpha value is -1.50. The molecule has 0 saturated heterocycles. The topological polar surface area (TPSA) is 52.0 Å². The summed E-state index contributed by atoms with van der Waals surface area (Å²) in [6, 6.07) is 1.90. The van der Waals surface area contributed by atoms with E-state index in [1.54, 1.807) is 0 Å². The minimum Gasteiger partial charge on any atom is -0.368 e. The molecule has 7 heteroatoms. The Bertz CT molecular complexity index is 556. The summed E-state index contributed by atoms with van der Waals surface area (Å²) in [6.45, 7) is 0. The number of nitrogens with two attached hydrogens (primary N) is 1. The third-order valence-electron chi connectivity index (χ3n) is 1.91. The van der Waals surface area contributed by atoms with Crippen LogP contribution in [-0.2, 0) is 0 Å². The van der Waals surface area contributed by atoms with Gasteiger partial charge in [-0.1, -0.05) is 5.16 Å². The Morgan fingerprint density at radius 2 is 1.88 bits per heavy atom. The molecule has 0 aliphatic rings. The maximum Gasteiger partial charge on any atom is 0.222 e. The zero-order valence-corrected chi connectivity index (χ0v) is 9.19. The minimum absolute atomic E-state index is 0.00500. The average molecular weight is 293 g/mol. The molecule has 0 fully saturated rings. The van der Waals surface area contributed by atoms with E-state index in [-0.39, 0.29) is 17.1 Å². The second-order valence-corrected chi connectivity index (χ2v) is 3.76. The highest BCUT2D eigenvalue weighted by molar-refractivity contribution is 9.10. The van der Waals surface area contributed by atoms with Gasteiger partial charge in [0.15, 0.2) is 11.6 Å². The van der Waals surface area contributed by atoms with Crippen molar-refractivity contribution in [3.63, 3.8) is 0 Å². The van der Waals surface area contributed by atoms with Gasteiger partial charge in [0.1, 0.15) is 11.5 Å². The van der Waals surface area contributed by atoms with Gasteiger partial charge in [0, 0.05) is 11.6 Å². The van der Waals surface area contributed by atoms with E-state index in [1.165, 1.54) is 6.07 Å². The number of aromatic nitrogens is 1. The molecule has 1 aromatic heterocycles. The molecule has 0 aliphatic carbocycles. The molecule has 1 heterocycles. The van der Waals surface area contributed by atoms with E-state index in [0.29, 0.717) is 6.07 Å². The number of benzene rings is 1. The van der Waals surface area contributed by atoms with Crippen LogP contribution in [0.4, 0.5) is 19.1 Å². The van der Waals surface area contributed by atoms with E-state index in [2.05, 4.69) is 25.6 Å². The van der Waals surface area contributed by atoms with Crippen LogP contribution in [0.2, 0.25) is 0 Å². The van der Waals surface area contributed by atoms with Gasteiger partial charge in [0.2, 0.25) is 5.88 Å². The fourth-order valence-corrected chi connectivity index (χ4v) is 1.58. The molecular weight excluding hydrogens is 289 g/mol. The third kappa shape index (κ3) is 1.67. The fraction of sp³-hybridized carbons (Fsp3) is 0. The molecule has 2 aromatic rings. The number of hydrogen-bond acceptors (Lipinski definition) is 3. The van der Waals surface area contributed by atoms with E-state index >= 15 is 0 Å². The summed E-state index contributed by atoms with van der Waals surface area (Å²) in [6.07, 6.45) is 0. The highest BCUT2D eigenvalue weighted by atomic mass is 79.9. The maximum atomic E-state index is 13.6. The van der Waals surface area contributed by atoms with Crippen molar-refractivity contribution in [2.24, 2.45) is 0 Å². The molecule has 16 heavy (non-hydrogen) atoms. The Morgan fingerprint density at radius 1 is 1.19 bits per heavy atom. The van der Waals surface area contributed by atoms with Gasteiger partial charge < -0.3 is 10.3 Å². The van der Waals surface area contributed by atoms with E-state index in [0.717, 1.165) is 0 Å². The van der Waals surface area contributed by atoms with Gasteiger partial charge in [-0.25, -0.2) is 13.2 Å². The zero-order valence-electron chi connectivity index (χ0n) is 7.60. The third-order valence-corrected chi connectivity index (χ3v) is 2.60. The Labute approximate surface area is 96.2 Å². The van der Waals surface area contributed by atoms with Crippen molar-refractivity contribution in [3.8, 4) is 11.3 Å². The number of anilines is 1. The van der Waals surface area contributed by atoms with E-state index in [4.69, 9.17) is 5.73 Å². The van der Waals surface area contributed by atoms with Crippen LogP contribution in [0.5, 0.6) is 0 Å². The van der Waals surface area contributed by atoms with Crippen LogP contribution in [0.3, 0.4) is 0 Å². The molecule has 0 amide bonds. The van der Waals surface area contributed by atoms with E-state index < -0.39 is 21.9 Å². The summed E-state index contributed by atoms with van der Waals surface area (Å²) in [5.74, 6) is -3.50. The Kier molecular flexibility index (Phi) is 2.63. The molecule has 0 saturated carbocycles. The van der Waals surface area contributed by atoms with Gasteiger partial charge in [-0.2, -0.15) is 0 Å². The molecule has 0 aliphatic heterocycles. The molecule has 0 spiro atoms.